The predicted molar refractivity (Wildman–Crippen MR) is 62.3 cm³/mol. The Labute approximate surface area is 95.9 Å². The van der Waals surface area contributed by atoms with Gasteiger partial charge in [0, 0.05) is 6.20 Å². The van der Waals surface area contributed by atoms with Crippen molar-refractivity contribution in [1.29, 1.82) is 0 Å². The Morgan fingerprint density at radius 1 is 1.62 bits per heavy atom. The number of aromatic nitrogens is 2. The van der Waals surface area contributed by atoms with Gasteiger partial charge in [-0.2, -0.15) is 5.10 Å². The molecule has 4 heteroatoms. The van der Waals surface area contributed by atoms with E-state index in [9.17, 15) is 4.79 Å². The number of rotatable bonds is 3. The van der Waals surface area contributed by atoms with E-state index in [4.69, 9.17) is 4.74 Å². The normalized spacial score (nSPS) is 13.2. The van der Waals surface area contributed by atoms with Crippen LogP contribution in [0.5, 0.6) is 0 Å². The zero-order valence-corrected chi connectivity index (χ0v) is 10.2. The highest BCUT2D eigenvalue weighted by molar-refractivity contribution is 5.88. The number of nitrogens with zero attached hydrogens (tertiary/aromatic N) is 2. The van der Waals surface area contributed by atoms with Crippen molar-refractivity contribution in [1.82, 2.24) is 9.78 Å². The van der Waals surface area contributed by atoms with Crippen LogP contribution in [0.25, 0.3) is 0 Å². The monoisotopic (exact) mass is 222 g/mol. The van der Waals surface area contributed by atoms with Crippen molar-refractivity contribution >= 4 is 5.97 Å². The van der Waals surface area contributed by atoms with E-state index in [1.807, 2.05) is 20.8 Å². The van der Waals surface area contributed by atoms with Gasteiger partial charge in [-0.15, -0.1) is 0 Å². The number of ether oxygens (including phenoxy) is 1. The smallest absolute Gasteiger partial charge is 0.341 e. The molecule has 0 aliphatic carbocycles. The Balaban J connectivity index is 2.78. The predicted octanol–water partition coefficient (Wildman–Crippen LogP) is 2.37. The fourth-order valence-electron chi connectivity index (χ4n) is 1.08. The molecule has 0 aliphatic rings. The van der Waals surface area contributed by atoms with Gasteiger partial charge in [-0.3, -0.25) is 4.68 Å². The summed E-state index contributed by atoms with van der Waals surface area (Å²) in [6.07, 6.45) is 4.50. The van der Waals surface area contributed by atoms with E-state index < -0.39 is 0 Å². The topological polar surface area (TPSA) is 44.1 Å². The average Bonchev–Trinajstić information content (AvgIpc) is 2.65. The van der Waals surface area contributed by atoms with E-state index in [2.05, 4.69) is 11.7 Å². The highest BCUT2D eigenvalue weighted by atomic mass is 16.5. The van der Waals surface area contributed by atoms with Gasteiger partial charge >= 0.3 is 5.97 Å². The van der Waals surface area contributed by atoms with Gasteiger partial charge in [-0.25, -0.2) is 4.79 Å². The van der Waals surface area contributed by atoms with Crippen molar-refractivity contribution < 1.29 is 9.53 Å². The lowest BCUT2D eigenvalue weighted by Crippen LogP contribution is -2.22. The molecular formula is C12H18N2O2. The molecule has 0 aromatic carbocycles. The van der Waals surface area contributed by atoms with Crippen molar-refractivity contribution in [2.24, 2.45) is 0 Å². The Kier molecular flexibility index (Phi) is 3.52. The zero-order chi connectivity index (χ0) is 12.3. The van der Waals surface area contributed by atoms with E-state index in [0.29, 0.717) is 5.56 Å². The first-order valence-electron chi connectivity index (χ1n) is 5.23. The van der Waals surface area contributed by atoms with Crippen LogP contribution in [0.4, 0.5) is 0 Å². The van der Waals surface area contributed by atoms with Gasteiger partial charge in [0.25, 0.3) is 0 Å². The number of hydrogen-bond acceptors (Lipinski definition) is 3. The molecule has 1 heterocycles. The van der Waals surface area contributed by atoms with Gasteiger partial charge in [0.1, 0.15) is 6.10 Å². The number of carbonyl (C=O) groups excluding carboxylic acids is 1. The minimum Gasteiger partial charge on any atom is -0.455 e. The molecule has 0 N–H and O–H groups in total. The number of esters is 1. The van der Waals surface area contributed by atoms with Crippen molar-refractivity contribution in [3.63, 3.8) is 0 Å². The third-order valence-corrected chi connectivity index (χ3v) is 2.13. The molecule has 0 saturated carbocycles. The lowest BCUT2D eigenvalue weighted by molar-refractivity contribution is 0.0425. The summed E-state index contributed by atoms with van der Waals surface area (Å²) in [6, 6.07) is 0. The van der Waals surface area contributed by atoms with Crippen molar-refractivity contribution in [3.8, 4) is 0 Å². The van der Waals surface area contributed by atoms with Crippen LogP contribution in [0.2, 0.25) is 0 Å². The maximum atomic E-state index is 11.6. The Hall–Kier alpha value is -1.58. The summed E-state index contributed by atoms with van der Waals surface area (Å²) in [5.41, 5.74) is 0.325. The first kappa shape index (κ1) is 12.5. The summed E-state index contributed by atoms with van der Waals surface area (Å²) >= 11 is 0. The lowest BCUT2D eigenvalue weighted by atomic mass is 10.1. The van der Waals surface area contributed by atoms with E-state index in [1.54, 1.807) is 23.9 Å². The molecule has 0 amide bonds. The molecule has 0 radical (unpaired) electrons. The maximum absolute atomic E-state index is 11.6. The van der Waals surface area contributed by atoms with E-state index >= 15 is 0 Å². The molecule has 0 spiro atoms. The van der Waals surface area contributed by atoms with E-state index in [-0.39, 0.29) is 17.6 Å². The standard InChI is InChI=1S/C12H18N2O2/c1-6-9(2)16-11(15)10-7-13-14(8-10)12(3,4)5/h6-9H,1H2,2-5H3. The van der Waals surface area contributed by atoms with Crippen molar-refractivity contribution in [3.05, 3.63) is 30.6 Å². The number of hydrogen-bond donors (Lipinski definition) is 0. The zero-order valence-electron chi connectivity index (χ0n) is 10.2. The molecule has 0 aliphatic heterocycles. The highest BCUT2D eigenvalue weighted by Gasteiger charge is 2.18. The van der Waals surface area contributed by atoms with Gasteiger partial charge in [-0.1, -0.05) is 12.7 Å². The number of carbonyl (C=O) groups is 1. The maximum Gasteiger partial charge on any atom is 0.341 e. The highest BCUT2D eigenvalue weighted by Crippen LogP contribution is 2.14. The first-order valence-corrected chi connectivity index (χ1v) is 5.23. The van der Waals surface area contributed by atoms with Crippen molar-refractivity contribution in [2.75, 3.05) is 0 Å². The van der Waals surface area contributed by atoms with Gasteiger partial charge in [0.2, 0.25) is 0 Å². The molecule has 1 unspecified atom stereocenters. The van der Waals surface area contributed by atoms with Crippen LogP contribution in [-0.4, -0.2) is 21.9 Å². The van der Waals surface area contributed by atoms with Crippen LogP contribution < -0.4 is 0 Å². The average molecular weight is 222 g/mol. The molecule has 4 nitrogen and oxygen atoms in total. The minimum atomic E-state index is -0.372. The molecule has 1 aromatic rings. The molecule has 88 valence electrons. The summed E-state index contributed by atoms with van der Waals surface area (Å²) in [7, 11) is 0. The second-order valence-electron chi connectivity index (χ2n) is 4.69. The summed E-state index contributed by atoms with van der Waals surface area (Å²) < 4.78 is 6.84. The Morgan fingerprint density at radius 3 is 2.69 bits per heavy atom. The van der Waals surface area contributed by atoms with Crippen LogP contribution in [0, 0.1) is 0 Å². The SMILES string of the molecule is C=CC(C)OC(=O)c1cnn(C(C)(C)C)c1. The van der Waals surface area contributed by atoms with Gasteiger partial charge < -0.3 is 4.74 Å². The van der Waals surface area contributed by atoms with Crippen LogP contribution in [0.1, 0.15) is 38.1 Å². The molecule has 16 heavy (non-hydrogen) atoms. The van der Waals surface area contributed by atoms with Gasteiger partial charge in [0.05, 0.1) is 17.3 Å². The summed E-state index contributed by atoms with van der Waals surface area (Å²) in [6.45, 7) is 11.4. The summed E-state index contributed by atoms with van der Waals surface area (Å²) in [5, 5.41) is 4.13. The molecular weight excluding hydrogens is 204 g/mol. The fraction of sp³-hybridized carbons (Fsp3) is 0.500. The Bertz CT molecular complexity index is 388. The summed E-state index contributed by atoms with van der Waals surface area (Å²) in [4.78, 5) is 11.6. The van der Waals surface area contributed by atoms with Crippen molar-refractivity contribution in [2.45, 2.75) is 39.3 Å². The minimum absolute atomic E-state index is 0.136. The second kappa shape index (κ2) is 4.51. The first-order chi connectivity index (χ1) is 7.34. The van der Waals surface area contributed by atoms with Gasteiger partial charge in [-0.05, 0) is 27.7 Å². The molecule has 1 aromatic heterocycles. The van der Waals surface area contributed by atoms with Crippen LogP contribution in [-0.2, 0) is 10.3 Å². The van der Waals surface area contributed by atoms with Gasteiger partial charge in [0.15, 0.2) is 0 Å². The molecule has 0 saturated heterocycles. The quantitative estimate of drug-likeness (QED) is 0.582. The molecule has 0 bridgehead atoms. The third-order valence-electron chi connectivity index (χ3n) is 2.13. The third kappa shape index (κ3) is 2.95. The van der Waals surface area contributed by atoms with E-state index in [1.165, 1.54) is 6.20 Å². The Morgan fingerprint density at radius 2 is 2.25 bits per heavy atom. The molecule has 0 fully saturated rings. The van der Waals surface area contributed by atoms with Crippen LogP contribution in [0.15, 0.2) is 25.0 Å². The van der Waals surface area contributed by atoms with Crippen LogP contribution >= 0.6 is 0 Å². The van der Waals surface area contributed by atoms with Crippen LogP contribution in [0.3, 0.4) is 0 Å². The summed E-state index contributed by atoms with van der Waals surface area (Å²) in [5.74, 6) is -0.372. The van der Waals surface area contributed by atoms with E-state index in [0.717, 1.165) is 0 Å². The fourth-order valence-corrected chi connectivity index (χ4v) is 1.08. The second-order valence-corrected chi connectivity index (χ2v) is 4.69. The molecule has 1 rings (SSSR count). The largest absolute Gasteiger partial charge is 0.455 e. The molecule has 1 atom stereocenters. The lowest BCUT2D eigenvalue weighted by Gasteiger charge is -2.18.